The molecule has 0 radical (unpaired) electrons. The molecule has 2 nitrogen and oxygen atoms in total. The van der Waals surface area contributed by atoms with Gasteiger partial charge in [-0.1, -0.05) is 25.3 Å². The first-order chi connectivity index (χ1) is 6.86. The molecule has 0 aromatic carbocycles. The van der Waals surface area contributed by atoms with Crippen LogP contribution in [0.5, 0.6) is 0 Å². The lowest BCUT2D eigenvalue weighted by atomic mass is 9.81. The van der Waals surface area contributed by atoms with Crippen LogP contribution < -0.4 is 5.73 Å². The third-order valence-corrected chi connectivity index (χ3v) is 3.22. The molecule has 2 rings (SSSR count). The average molecular weight is 190 g/mol. The maximum absolute atomic E-state index is 6.08. The highest BCUT2D eigenvalue weighted by molar-refractivity contribution is 5.12. The van der Waals surface area contributed by atoms with Crippen LogP contribution in [0.1, 0.15) is 43.7 Å². The summed E-state index contributed by atoms with van der Waals surface area (Å²) in [7, 11) is 0. The zero-order chi connectivity index (χ0) is 9.80. The van der Waals surface area contributed by atoms with Gasteiger partial charge in [-0.3, -0.25) is 4.98 Å². The number of hydrogen-bond acceptors (Lipinski definition) is 2. The molecule has 1 fully saturated rings. The van der Waals surface area contributed by atoms with E-state index in [9.17, 15) is 0 Å². The number of aromatic nitrogens is 1. The fourth-order valence-corrected chi connectivity index (χ4v) is 1.96. The normalized spacial score (nSPS) is 18.9. The summed E-state index contributed by atoms with van der Waals surface area (Å²) in [5.74, 6) is 0.956. The van der Waals surface area contributed by atoms with Crippen molar-refractivity contribution in [3.63, 3.8) is 0 Å². The number of nitrogens with zero attached hydrogens (tertiary/aromatic N) is 1. The van der Waals surface area contributed by atoms with Gasteiger partial charge in [0.2, 0.25) is 0 Å². The van der Waals surface area contributed by atoms with Gasteiger partial charge in [0, 0.05) is 18.4 Å². The van der Waals surface area contributed by atoms with Crippen LogP contribution in [0.2, 0.25) is 0 Å². The molecule has 0 bridgehead atoms. The van der Waals surface area contributed by atoms with E-state index in [2.05, 4.69) is 11.1 Å². The van der Waals surface area contributed by atoms with E-state index >= 15 is 0 Å². The van der Waals surface area contributed by atoms with Crippen LogP contribution in [0, 0.1) is 5.92 Å². The van der Waals surface area contributed by atoms with Crippen LogP contribution in [-0.4, -0.2) is 4.98 Å². The van der Waals surface area contributed by atoms with Crippen LogP contribution in [0.15, 0.2) is 24.5 Å². The lowest BCUT2D eigenvalue weighted by Crippen LogP contribution is -2.16. The molecule has 1 heterocycles. The van der Waals surface area contributed by atoms with Gasteiger partial charge in [0.15, 0.2) is 0 Å². The van der Waals surface area contributed by atoms with Crippen molar-refractivity contribution in [1.29, 1.82) is 0 Å². The van der Waals surface area contributed by atoms with E-state index in [0.29, 0.717) is 0 Å². The van der Waals surface area contributed by atoms with E-state index < -0.39 is 0 Å². The van der Waals surface area contributed by atoms with Gasteiger partial charge in [-0.2, -0.15) is 0 Å². The third kappa shape index (κ3) is 2.32. The minimum atomic E-state index is 0.185. The van der Waals surface area contributed by atoms with Crippen molar-refractivity contribution < 1.29 is 0 Å². The topological polar surface area (TPSA) is 38.9 Å². The monoisotopic (exact) mass is 190 g/mol. The Bertz CT molecular complexity index is 267. The van der Waals surface area contributed by atoms with E-state index in [0.717, 1.165) is 12.3 Å². The SMILES string of the molecule is NC(CCC1CCC1)c1cccnc1. The second-order valence-electron chi connectivity index (χ2n) is 4.27. The zero-order valence-electron chi connectivity index (χ0n) is 8.52. The van der Waals surface area contributed by atoms with Gasteiger partial charge >= 0.3 is 0 Å². The van der Waals surface area contributed by atoms with Gasteiger partial charge < -0.3 is 5.73 Å². The Morgan fingerprint density at radius 2 is 2.36 bits per heavy atom. The summed E-state index contributed by atoms with van der Waals surface area (Å²) in [5.41, 5.74) is 7.26. The molecule has 2 N–H and O–H groups in total. The first-order valence-electron chi connectivity index (χ1n) is 5.52. The predicted molar refractivity (Wildman–Crippen MR) is 57.7 cm³/mol. The van der Waals surface area contributed by atoms with Crippen molar-refractivity contribution in [2.75, 3.05) is 0 Å². The van der Waals surface area contributed by atoms with Crippen molar-refractivity contribution in [3.8, 4) is 0 Å². The highest BCUT2D eigenvalue weighted by Gasteiger charge is 2.18. The predicted octanol–water partition coefficient (Wildman–Crippen LogP) is 2.66. The molecule has 14 heavy (non-hydrogen) atoms. The van der Waals surface area contributed by atoms with Gasteiger partial charge in [-0.05, 0) is 30.4 Å². The molecule has 1 saturated carbocycles. The molecule has 1 aliphatic rings. The molecule has 1 aromatic rings. The van der Waals surface area contributed by atoms with Gasteiger partial charge in [0.25, 0.3) is 0 Å². The van der Waals surface area contributed by atoms with Gasteiger partial charge in [-0.15, -0.1) is 0 Å². The van der Waals surface area contributed by atoms with Gasteiger partial charge in [0.1, 0.15) is 0 Å². The lowest BCUT2D eigenvalue weighted by Gasteiger charge is -2.26. The van der Waals surface area contributed by atoms with E-state index in [1.807, 2.05) is 12.3 Å². The smallest absolute Gasteiger partial charge is 0.0315 e. The van der Waals surface area contributed by atoms with Crippen LogP contribution in [0.25, 0.3) is 0 Å². The Morgan fingerprint density at radius 3 is 2.93 bits per heavy atom. The third-order valence-electron chi connectivity index (χ3n) is 3.22. The quantitative estimate of drug-likeness (QED) is 0.792. The Hall–Kier alpha value is -0.890. The molecule has 0 aliphatic heterocycles. The first kappa shape index (κ1) is 9.66. The Morgan fingerprint density at radius 1 is 1.50 bits per heavy atom. The summed E-state index contributed by atoms with van der Waals surface area (Å²) in [6.07, 6.45) is 10.3. The Labute approximate surface area is 85.5 Å². The average Bonchev–Trinajstić information content (AvgIpc) is 2.16. The molecular formula is C12H18N2. The largest absolute Gasteiger partial charge is 0.324 e. The standard InChI is InChI=1S/C12H18N2/c13-12(7-6-10-3-1-4-10)11-5-2-8-14-9-11/h2,5,8-10,12H,1,3-4,6-7,13H2. The summed E-state index contributed by atoms with van der Waals surface area (Å²) in [6, 6.07) is 4.21. The minimum Gasteiger partial charge on any atom is -0.324 e. The van der Waals surface area contributed by atoms with E-state index in [1.165, 1.54) is 31.2 Å². The van der Waals surface area contributed by atoms with E-state index in [-0.39, 0.29) is 6.04 Å². The molecular weight excluding hydrogens is 172 g/mol. The molecule has 0 amide bonds. The maximum atomic E-state index is 6.08. The van der Waals surface area contributed by atoms with E-state index in [4.69, 9.17) is 5.73 Å². The summed E-state index contributed by atoms with van der Waals surface area (Å²) < 4.78 is 0. The fraction of sp³-hybridized carbons (Fsp3) is 0.583. The molecule has 0 spiro atoms. The Balaban J connectivity index is 1.80. The van der Waals surface area contributed by atoms with Crippen LogP contribution in [0.3, 0.4) is 0 Å². The number of nitrogens with two attached hydrogens (primary N) is 1. The molecule has 1 aromatic heterocycles. The fourth-order valence-electron chi connectivity index (χ4n) is 1.96. The van der Waals surface area contributed by atoms with Crippen molar-refractivity contribution in [1.82, 2.24) is 4.98 Å². The number of hydrogen-bond donors (Lipinski definition) is 1. The lowest BCUT2D eigenvalue weighted by molar-refractivity contribution is 0.282. The minimum absolute atomic E-state index is 0.185. The van der Waals surface area contributed by atoms with Crippen molar-refractivity contribution >= 4 is 0 Å². The highest BCUT2D eigenvalue weighted by atomic mass is 14.7. The summed E-state index contributed by atoms with van der Waals surface area (Å²) in [6.45, 7) is 0. The van der Waals surface area contributed by atoms with Crippen molar-refractivity contribution in [3.05, 3.63) is 30.1 Å². The Kier molecular flexibility index (Phi) is 3.14. The van der Waals surface area contributed by atoms with Crippen LogP contribution >= 0.6 is 0 Å². The van der Waals surface area contributed by atoms with Gasteiger partial charge in [-0.25, -0.2) is 0 Å². The molecule has 2 heteroatoms. The highest BCUT2D eigenvalue weighted by Crippen LogP contribution is 2.32. The first-order valence-corrected chi connectivity index (χ1v) is 5.52. The second-order valence-corrected chi connectivity index (χ2v) is 4.27. The van der Waals surface area contributed by atoms with Crippen LogP contribution in [-0.2, 0) is 0 Å². The summed E-state index contributed by atoms with van der Waals surface area (Å²) >= 11 is 0. The summed E-state index contributed by atoms with van der Waals surface area (Å²) in [5, 5.41) is 0. The molecule has 1 atom stereocenters. The van der Waals surface area contributed by atoms with Gasteiger partial charge in [0.05, 0.1) is 0 Å². The van der Waals surface area contributed by atoms with E-state index in [1.54, 1.807) is 6.20 Å². The molecule has 1 unspecified atom stereocenters. The van der Waals surface area contributed by atoms with Crippen LogP contribution in [0.4, 0.5) is 0 Å². The maximum Gasteiger partial charge on any atom is 0.0315 e. The summed E-state index contributed by atoms with van der Waals surface area (Å²) in [4.78, 5) is 4.09. The molecule has 76 valence electrons. The number of pyridine rings is 1. The number of rotatable bonds is 4. The zero-order valence-corrected chi connectivity index (χ0v) is 8.52. The van der Waals surface area contributed by atoms with Crippen molar-refractivity contribution in [2.45, 2.75) is 38.1 Å². The second kappa shape index (κ2) is 4.56. The van der Waals surface area contributed by atoms with Crippen molar-refractivity contribution in [2.24, 2.45) is 11.7 Å². The molecule has 1 aliphatic carbocycles. The molecule has 0 saturated heterocycles.